The fourth-order valence-corrected chi connectivity index (χ4v) is 7.78. The van der Waals surface area contributed by atoms with Gasteiger partial charge in [0.2, 0.25) is 17.7 Å². The van der Waals surface area contributed by atoms with Gasteiger partial charge in [0.05, 0.1) is 43.8 Å². The molecule has 2 aromatic rings. The second-order valence-corrected chi connectivity index (χ2v) is 12.5. The Morgan fingerprint density at radius 3 is 2.33 bits per heavy atom. The highest BCUT2D eigenvalue weighted by Crippen LogP contribution is 2.54. The minimum atomic E-state index is -1.35. The van der Waals surface area contributed by atoms with Gasteiger partial charge in [-0.1, -0.05) is 72.8 Å². The van der Waals surface area contributed by atoms with Gasteiger partial charge in [0.15, 0.2) is 0 Å². The van der Waals surface area contributed by atoms with Crippen LogP contribution in [0.3, 0.4) is 0 Å². The van der Waals surface area contributed by atoms with E-state index in [-0.39, 0.29) is 24.3 Å². The molecule has 0 aromatic heterocycles. The van der Waals surface area contributed by atoms with Gasteiger partial charge < -0.3 is 29.3 Å². The van der Waals surface area contributed by atoms with Crippen LogP contribution in [0.4, 0.5) is 5.69 Å². The molecule has 3 fully saturated rings. The second-order valence-electron chi connectivity index (χ2n) is 12.5. The van der Waals surface area contributed by atoms with Crippen molar-refractivity contribution in [1.82, 2.24) is 14.7 Å². The van der Waals surface area contributed by atoms with E-state index in [0.717, 1.165) is 24.3 Å². The van der Waals surface area contributed by atoms with Crippen LogP contribution in [0, 0.1) is 11.8 Å². The first-order valence-corrected chi connectivity index (χ1v) is 16.0. The summed E-state index contributed by atoms with van der Waals surface area (Å²) in [7, 11) is 0. The predicted octanol–water partition coefficient (Wildman–Crippen LogP) is 1.50. The fraction of sp³-hybridized carbons (Fsp3) is 0.457. The largest absolute Gasteiger partial charge is 0.394 e. The van der Waals surface area contributed by atoms with Crippen molar-refractivity contribution in [2.75, 3.05) is 64.0 Å². The summed E-state index contributed by atoms with van der Waals surface area (Å²) in [6.07, 6.45) is 7.27. The van der Waals surface area contributed by atoms with E-state index in [9.17, 15) is 19.5 Å². The molecule has 45 heavy (non-hydrogen) atoms. The van der Waals surface area contributed by atoms with E-state index in [1.165, 1.54) is 0 Å². The van der Waals surface area contributed by atoms with E-state index in [4.69, 9.17) is 9.47 Å². The summed E-state index contributed by atoms with van der Waals surface area (Å²) in [4.78, 5) is 51.2. The van der Waals surface area contributed by atoms with Gasteiger partial charge in [-0.15, -0.1) is 0 Å². The average molecular weight is 613 g/mol. The highest BCUT2D eigenvalue weighted by atomic mass is 16.5. The lowest BCUT2D eigenvalue weighted by Crippen LogP contribution is -2.59. The van der Waals surface area contributed by atoms with Gasteiger partial charge in [-0.3, -0.25) is 19.3 Å². The third kappa shape index (κ3) is 5.29. The summed E-state index contributed by atoms with van der Waals surface area (Å²) in [6, 6.07) is 17.4. The van der Waals surface area contributed by atoms with Gasteiger partial charge in [-0.2, -0.15) is 0 Å². The topological polar surface area (TPSA) is 103 Å². The number of aliphatic hydroxyl groups excluding tert-OH is 1. The molecule has 5 aliphatic rings. The number of hydrogen-bond donors (Lipinski definition) is 1. The van der Waals surface area contributed by atoms with Crippen molar-refractivity contribution < 1.29 is 29.0 Å². The van der Waals surface area contributed by atoms with Crippen LogP contribution in [0.5, 0.6) is 0 Å². The van der Waals surface area contributed by atoms with E-state index in [1.54, 1.807) is 14.7 Å². The van der Waals surface area contributed by atoms with Gasteiger partial charge >= 0.3 is 0 Å². The zero-order valence-electron chi connectivity index (χ0n) is 25.3. The number of anilines is 1. The number of carbonyl (C=O) groups excluding carboxylic acids is 3. The minimum absolute atomic E-state index is 0.204. The van der Waals surface area contributed by atoms with Crippen molar-refractivity contribution in [3.63, 3.8) is 0 Å². The Balaban J connectivity index is 1.26. The standard InChI is InChI=1S/C35H40N4O6/c40-24-27(23-25-9-3-1-4-10-25)39-31-34(43)37(18-17-36-19-21-44-22-20-36)15-8-14-35(31)30(33(39)42)29-28(45-35)13-7-16-38(32(29)41)26-11-5-2-6-12-26/h1-14,27-31,40H,15-24H2/t27-,28-,29+,30+,31?,35+/m1/s1. The van der Waals surface area contributed by atoms with E-state index >= 15 is 0 Å². The summed E-state index contributed by atoms with van der Waals surface area (Å²) in [5, 5.41) is 10.8. The van der Waals surface area contributed by atoms with Gasteiger partial charge in [0.1, 0.15) is 11.6 Å². The highest BCUT2D eigenvalue weighted by Gasteiger charge is 2.72. The molecule has 3 amide bonds. The number of rotatable bonds is 8. The smallest absolute Gasteiger partial charge is 0.249 e. The van der Waals surface area contributed by atoms with Crippen molar-refractivity contribution in [3.8, 4) is 0 Å². The molecule has 5 heterocycles. The van der Waals surface area contributed by atoms with Crippen LogP contribution in [0.15, 0.2) is 85.0 Å². The van der Waals surface area contributed by atoms with E-state index in [0.29, 0.717) is 45.8 Å². The molecule has 0 saturated carbocycles. The first-order valence-electron chi connectivity index (χ1n) is 16.0. The number of carbonyl (C=O) groups is 3. The van der Waals surface area contributed by atoms with Crippen molar-refractivity contribution in [2.45, 2.75) is 30.2 Å². The molecule has 1 N–H and O–H groups in total. The molecule has 236 valence electrons. The first kappa shape index (κ1) is 29.9. The Hall–Kier alpha value is -3.83. The van der Waals surface area contributed by atoms with Gasteiger partial charge in [-0.25, -0.2) is 0 Å². The van der Waals surface area contributed by atoms with Crippen LogP contribution in [0.25, 0.3) is 0 Å². The second kappa shape index (κ2) is 12.5. The SMILES string of the molecule is O=C1C2N([C@@H](CO)Cc3ccccc3)C(=O)[C@@H]3[C@H]4C(=O)N(c5ccccc5)CC=C[C@H]4O[C@]23C=CCN1CCN1CCOCC1. The number of amides is 3. The third-order valence-corrected chi connectivity index (χ3v) is 9.96. The van der Waals surface area contributed by atoms with E-state index in [2.05, 4.69) is 4.90 Å². The lowest BCUT2D eigenvalue weighted by Gasteiger charge is -2.39. The number of likely N-dealkylation sites (tertiary alicyclic amines) is 1. The van der Waals surface area contributed by atoms with Crippen LogP contribution in [0.2, 0.25) is 0 Å². The summed E-state index contributed by atoms with van der Waals surface area (Å²) in [5.41, 5.74) is 0.339. The molecule has 5 aliphatic heterocycles. The van der Waals surface area contributed by atoms with Crippen molar-refractivity contribution >= 4 is 23.4 Å². The Morgan fingerprint density at radius 2 is 1.60 bits per heavy atom. The number of para-hydroxylation sites is 1. The first-order chi connectivity index (χ1) is 22.0. The van der Waals surface area contributed by atoms with E-state index in [1.807, 2.05) is 85.0 Å². The summed E-state index contributed by atoms with van der Waals surface area (Å²) >= 11 is 0. The molecule has 0 aliphatic carbocycles. The molecule has 1 spiro atoms. The summed E-state index contributed by atoms with van der Waals surface area (Å²) in [6.45, 7) is 4.52. The average Bonchev–Trinajstić information content (AvgIpc) is 3.40. The zero-order valence-corrected chi connectivity index (χ0v) is 25.3. The molecule has 3 saturated heterocycles. The third-order valence-electron chi connectivity index (χ3n) is 9.96. The van der Waals surface area contributed by atoms with Crippen molar-refractivity contribution in [3.05, 3.63) is 90.5 Å². The fourth-order valence-electron chi connectivity index (χ4n) is 7.78. The lowest BCUT2D eigenvalue weighted by atomic mass is 9.77. The predicted molar refractivity (Wildman–Crippen MR) is 167 cm³/mol. The van der Waals surface area contributed by atoms with Crippen LogP contribution in [-0.4, -0.2) is 120 Å². The lowest BCUT2D eigenvalue weighted by molar-refractivity contribution is -0.150. The van der Waals surface area contributed by atoms with E-state index < -0.39 is 35.6 Å². The maximum atomic E-state index is 14.8. The molecule has 0 bridgehead atoms. The maximum Gasteiger partial charge on any atom is 0.249 e. The molecular weight excluding hydrogens is 572 g/mol. The Morgan fingerprint density at radius 1 is 0.867 bits per heavy atom. The normalized spacial score (nSPS) is 30.6. The molecule has 10 heteroatoms. The molecule has 7 rings (SSSR count). The van der Waals surface area contributed by atoms with Crippen LogP contribution < -0.4 is 4.90 Å². The van der Waals surface area contributed by atoms with Gasteiger partial charge in [-0.05, 0) is 24.1 Å². The van der Waals surface area contributed by atoms with Crippen molar-refractivity contribution in [1.29, 1.82) is 0 Å². The summed E-state index contributed by atoms with van der Waals surface area (Å²) in [5.74, 6) is -2.49. The Bertz CT molecular complexity index is 1460. The molecule has 6 atom stereocenters. The molecule has 0 radical (unpaired) electrons. The number of hydrogen-bond acceptors (Lipinski definition) is 7. The van der Waals surface area contributed by atoms with Crippen LogP contribution in [-0.2, 0) is 30.3 Å². The monoisotopic (exact) mass is 612 g/mol. The van der Waals surface area contributed by atoms with Crippen molar-refractivity contribution in [2.24, 2.45) is 11.8 Å². The van der Waals surface area contributed by atoms with Crippen LogP contribution in [0.1, 0.15) is 5.56 Å². The molecule has 1 unspecified atom stereocenters. The molecule has 2 aromatic carbocycles. The number of nitrogens with zero attached hydrogens (tertiary/aromatic N) is 4. The van der Waals surface area contributed by atoms with Gasteiger partial charge in [0.25, 0.3) is 0 Å². The maximum absolute atomic E-state index is 14.8. The summed E-state index contributed by atoms with van der Waals surface area (Å²) < 4.78 is 12.3. The Labute approximate surface area is 263 Å². The van der Waals surface area contributed by atoms with Gasteiger partial charge in [0, 0.05) is 45.0 Å². The molecule has 10 nitrogen and oxygen atoms in total. The molecular formula is C35H40N4O6. The highest BCUT2D eigenvalue weighted by molar-refractivity contribution is 6.04. The number of benzene rings is 2. The quantitative estimate of drug-likeness (QED) is 0.451. The van der Waals surface area contributed by atoms with Crippen LogP contribution >= 0.6 is 0 Å². The number of ether oxygens (including phenoxy) is 2. The number of fused-ring (bicyclic) bond motifs is 2. The zero-order chi connectivity index (χ0) is 31.0. The minimum Gasteiger partial charge on any atom is -0.394 e. The number of morpholine rings is 1. The Kier molecular flexibility index (Phi) is 8.31. The number of aliphatic hydroxyl groups is 1.